The van der Waals surface area contributed by atoms with Crippen LogP contribution in [0.5, 0.6) is 0 Å². The fourth-order valence-electron chi connectivity index (χ4n) is 3.98. The molecular weight excluding hydrogens is 421 g/mol. The topological polar surface area (TPSA) is 70.5 Å². The van der Waals surface area contributed by atoms with Crippen molar-refractivity contribution in [3.8, 4) is 5.69 Å². The molecule has 1 aliphatic heterocycles. The Bertz CT molecular complexity index is 1160. The van der Waals surface area contributed by atoms with E-state index in [9.17, 15) is 14.0 Å². The highest BCUT2D eigenvalue weighted by molar-refractivity contribution is 5.79. The molecule has 0 saturated carbocycles. The minimum Gasteiger partial charge on any atom is -0.378 e. The lowest BCUT2D eigenvalue weighted by atomic mass is 9.97. The van der Waals surface area contributed by atoms with Crippen LogP contribution in [0.3, 0.4) is 0 Å². The zero-order valence-corrected chi connectivity index (χ0v) is 18.9. The van der Waals surface area contributed by atoms with Crippen molar-refractivity contribution in [2.75, 3.05) is 37.0 Å². The Balaban J connectivity index is 1.41. The van der Waals surface area contributed by atoms with E-state index in [0.717, 1.165) is 30.6 Å². The van der Waals surface area contributed by atoms with Gasteiger partial charge in [0.2, 0.25) is 5.91 Å². The predicted octanol–water partition coefficient (Wildman–Crippen LogP) is 2.97. The first-order chi connectivity index (χ1) is 15.9. The van der Waals surface area contributed by atoms with E-state index >= 15 is 0 Å². The first-order valence-corrected chi connectivity index (χ1v) is 11.1. The Hall–Kier alpha value is -3.68. The highest BCUT2D eigenvalue weighted by Gasteiger charge is 2.26. The van der Waals surface area contributed by atoms with Crippen LogP contribution in [0.4, 0.5) is 15.9 Å². The van der Waals surface area contributed by atoms with Gasteiger partial charge in [-0.2, -0.15) is 4.68 Å². The zero-order valence-electron chi connectivity index (χ0n) is 18.9. The van der Waals surface area contributed by atoms with E-state index in [0.29, 0.717) is 24.6 Å². The third-order valence-electron chi connectivity index (χ3n) is 5.89. The monoisotopic (exact) mass is 449 g/mol. The van der Waals surface area contributed by atoms with Gasteiger partial charge in [0.1, 0.15) is 11.6 Å². The SMILES string of the molecule is CN(C)c1ccc(CNC(=O)[C@@H]2CCCN(c3ccc(=O)n(-c4ccc(F)cc4)n3)C2)cc1. The normalized spacial score (nSPS) is 15.8. The van der Waals surface area contributed by atoms with E-state index in [1.54, 1.807) is 6.07 Å². The number of hydrogen-bond acceptors (Lipinski definition) is 5. The van der Waals surface area contributed by atoms with Crippen LogP contribution in [0.25, 0.3) is 5.69 Å². The number of carbonyl (C=O) groups excluding carboxylic acids is 1. The van der Waals surface area contributed by atoms with E-state index in [1.807, 2.05) is 48.2 Å². The number of carbonyl (C=O) groups is 1. The van der Waals surface area contributed by atoms with Crippen LogP contribution in [0.2, 0.25) is 0 Å². The maximum Gasteiger partial charge on any atom is 0.271 e. The fourth-order valence-corrected chi connectivity index (χ4v) is 3.98. The second-order valence-corrected chi connectivity index (χ2v) is 8.48. The van der Waals surface area contributed by atoms with Gasteiger partial charge >= 0.3 is 0 Å². The molecular formula is C25H28FN5O2. The van der Waals surface area contributed by atoms with Crippen molar-refractivity contribution in [1.29, 1.82) is 0 Å². The summed E-state index contributed by atoms with van der Waals surface area (Å²) in [6.45, 7) is 1.77. The molecule has 2 heterocycles. The van der Waals surface area contributed by atoms with Crippen LogP contribution in [0, 0.1) is 11.7 Å². The number of piperidine rings is 1. The minimum atomic E-state index is -0.374. The maximum absolute atomic E-state index is 13.3. The van der Waals surface area contributed by atoms with Gasteiger partial charge in [0, 0.05) is 45.5 Å². The first kappa shape index (κ1) is 22.5. The van der Waals surface area contributed by atoms with E-state index in [1.165, 1.54) is 35.0 Å². The van der Waals surface area contributed by atoms with Gasteiger partial charge in [-0.1, -0.05) is 12.1 Å². The molecule has 33 heavy (non-hydrogen) atoms. The molecule has 3 aromatic rings. The molecule has 0 bridgehead atoms. The largest absolute Gasteiger partial charge is 0.378 e. The lowest BCUT2D eigenvalue weighted by molar-refractivity contribution is -0.125. The molecule has 1 saturated heterocycles. The molecule has 1 aromatic heterocycles. The number of amides is 1. The van der Waals surface area contributed by atoms with Crippen molar-refractivity contribution in [3.63, 3.8) is 0 Å². The van der Waals surface area contributed by atoms with Crippen LogP contribution in [-0.4, -0.2) is 42.9 Å². The maximum atomic E-state index is 13.3. The lowest BCUT2D eigenvalue weighted by Crippen LogP contribution is -2.43. The highest BCUT2D eigenvalue weighted by atomic mass is 19.1. The Labute approximate surface area is 192 Å². The number of anilines is 2. The van der Waals surface area contributed by atoms with Gasteiger partial charge in [0.05, 0.1) is 11.6 Å². The molecule has 0 aliphatic carbocycles. The zero-order chi connectivity index (χ0) is 23.4. The van der Waals surface area contributed by atoms with Crippen LogP contribution in [0.1, 0.15) is 18.4 Å². The minimum absolute atomic E-state index is 0.0169. The third kappa shape index (κ3) is 5.39. The molecule has 0 spiro atoms. The molecule has 172 valence electrons. The summed E-state index contributed by atoms with van der Waals surface area (Å²) in [7, 11) is 3.98. The van der Waals surface area contributed by atoms with Gasteiger partial charge in [0.25, 0.3) is 5.56 Å². The Morgan fingerprint density at radius 1 is 1.09 bits per heavy atom. The van der Waals surface area contributed by atoms with Gasteiger partial charge in [0.15, 0.2) is 0 Å². The molecule has 1 N–H and O–H groups in total. The Kier molecular flexibility index (Phi) is 6.72. The van der Waals surface area contributed by atoms with Gasteiger partial charge in [-0.3, -0.25) is 9.59 Å². The van der Waals surface area contributed by atoms with Gasteiger partial charge in [-0.25, -0.2) is 4.39 Å². The summed E-state index contributed by atoms with van der Waals surface area (Å²) >= 11 is 0. The summed E-state index contributed by atoms with van der Waals surface area (Å²) in [5.74, 6) is 0.105. The van der Waals surface area contributed by atoms with Gasteiger partial charge < -0.3 is 15.1 Å². The average molecular weight is 450 g/mol. The summed E-state index contributed by atoms with van der Waals surface area (Å²) in [6.07, 6.45) is 1.66. The van der Waals surface area contributed by atoms with Crippen molar-refractivity contribution < 1.29 is 9.18 Å². The second kappa shape index (κ2) is 9.85. The molecule has 1 amide bonds. The molecule has 1 atom stereocenters. The van der Waals surface area contributed by atoms with Gasteiger partial charge in [-0.15, -0.1) is 5.10 Å². The number of nitrogens with one attached hydrogen (secondary N) is 1. The number of benzene rings is 2. The van der Waals surface area contributed by atoms with E-state index < -0.39 is 0 Å². The molecule has 4 rings (SSSR count). The highest BCUT2D eigenvalue weighted by Crippen LogP contribution is 2.22. The van der Waals surface area contributed by atoms with E-state index in [-0.39, 0.29) is 23.2 Å². The molecule has 8 heteroatoms. The number of nitrogens with zero attached hydrogens (tertiary/aromatic N) is 4. The molecule has 1 aliphatic rings. The van der Waals surface area contributed by atoms with Crippen molar-refractivity contribution in [2.45, 2.75) is 19.4 Å². The molecule has 0 unspecified atom stereocenters. The van der Waals surface area contributed by atoms with Crippen molar-refractivity contribution in [3.05, 3.63) is 82.4 Å². The summed E-state index contributed by atoms with van der Waals surface area (Å²) in [4.78, 5) is 29.2. The smallest absolute Gasteiger partial charge is 0.271 e. The van der Waals surface area contributed by atoms with Crippen LogP contribution in [-0.2, 0) is 11.3 Å². The molecule has 0 radical (unpaired) electrons. The summed E-state index contributed by atoms with van der Waals surface area (Å²) in [6, 6.07) is 16.9. The standard InChI is InChI=1S/C25H28FN5O2/c1-29(2)21-9-5-18(6-10-21)16-27-25(33)19-4-3-15-30(17-19)23-13-14-24(32)31(28-23)22-11-7-20(26)8-12-22/h5-14,19H,3-4,15-17H2,1-2H3,(H,27,33)/t19-/m1/s1. The molecule has 1 fully saturated rings. The second-order valence-electron chi connectivity index (χ2n) is 8.48. The van der Waals surface area contributed by atoms with Crippen molar-refractivity contribution >= 4 is 17.4 Å². The van der Waals surface area contributed by atoms with Crippen molar-refractivity contribution in [1.82, 2.24) is 15.1 Å². The number of hydrogen-bond donors (Lipinski definition) is 1. The Morgan fingerprint density at radius 2 is 1.82 bits per heavy atom. The predicted molar refractivity (Wildman–Crippen MR) is 127 cm³/mol. The van der Waals surface area contributed by atoms with E-state index in [2.05, 4.69) is 10.4 Å². The first-order valence-electron chi connectivity index (χ1n) is 11.1. The van der Waals surface area contributed by atoms with Crippen molar-refractivity contribution in [2.24, 2.45) is 5.92 Å². The summed E-state index contributed by atoms with van der Waals surface area (Å²) < 4.78 is 14.5. The van der Waals surface area contributed by atoms with Crippen LogP contribution in [0.15, 0.2) is 65.5 Å². The van der Waals surface area contributed by atoms with Gasteiger partial charge in [-0.05, 0) is 60.9 Å². The number of halogens is 1. The average Bonchev–Trinajstić information content (AvgIpc) is 2.84. The molecule has 7 nitrogen and oxygen atoms in total. The third-order valence-corrected chi connectivity index (χ3v) is 5.89. The van der Waals surface area contributed by atoms with Crippen LogP contribution < -0.4 is 20.7 Å². The molecule has 2 aromatic carbocycles. The van der Waals surface area contributed by atoms with E-state index in [4.69, 9.17) is 0 Å². The summed E-state index contributed by atoms with van der Waals surface area (Å²) in [5, 5.41) is 7.53. The van der Waals surface area contributed by atoms with Crippen LogP contribution >= 0.6 is 0 Å². The lowest BCUT2D eigenvalue weighted by Gasteiger charge is -2.33. The Morgan fingerprint density at radius 3 is 2.52 bits per heavy atom. The quantitative estimate of drug-likeness (QED) is 0.627. The fraction of sp³-hybridized carbons (Fsp3) is 0.320. The summed E-state index contributed by atoms with van der Waals surface area (Å²) in [5.41, 5.74) is 2.36. The number of rotatable bonds is 6. The number of aromatic nitrogens is 2.